The molecule has 0 radical (unpaired) electrons. The summed E-state index contributed by atoms with van der Waals surface area (Å²) in [4.78, 5) is 14.2. The fourth-order valence-corrected chi connectivity index (χ4v) is 2.14. The smallest absolute Gasteiger partial charge is 0.229 e. The molecule has 0 spiro atoms. The van der Waals surface area contributed by atoms with E-state index >= 15 is 0 Å². The highest BCUT2D eigenvalue weighted by atomic mass is 16.5. The van der Waals surface area contributed by atoms with Gasteiger partial charge in [-0.15, -0.1) is 0 Å². The predicted octanol–water partition coefficient (Wildman–Crippen LogP) is 0.856. The van der Waals surface area contributed by atoms with E-state index in [1.165, 1.54) is 0 Å². The minimum atomic E-state index is -0.436. The van der Waals surface area contributed by atoms with Crippen LogP contribution in [0.5, 0.6) is 0 Å². The Labute approximate surface area is 98.1 Å². The summed E-state index contributed by atoms with van der Waals surface area (Å²) in [6, 6.07) is 0. The maximum absolute atomic E-state index is 12.2. The molecule has 4 heteroatoms. The summed E-state index contributed by atoms with van der Waals surface area (Å²) >= 11 is 0. The number of nitrogens with zero attached hydrogens (tertiary/aromatic N) is 1. The lowest BCUT2D eigenvalue weighted by molar-refractivity contribution is -0.142. The fraction of sp³-hybridized carbons (Fsp3) is 0.917. The van der Waals surface area contributed by atoms with Crippen LogP contribution in [0.25, 0.3) is 0 Å². The second-order valence-corrected chi connectivity index (χ2v) is 5.30. The van der Waals surface area contributed by atoms with Gasteiger partial charge >= 0.3 is 0 Å². The monoisotopic (exact) mass is 228 g/mol. The highest BCUT2D eigenvalue weighted by Crippen LogP contribution is 2.23. The molecule has 0 aromatic rings. The lowest BCUT2D eigenvalue weighted by Gasteiger charge is -2.37. The number of nitrogens with two attached hydrogens (primary N) is 1. The van der Waals surface area contributed by atoms with E-state index in [1.807, 2.05) is 18.7 Å². The van der Waals surface area contributed by atoms with E-state index in [1.54, 1.807) is 7.11 Å². The van der Waals surface area contributed by atoms with Crippen molar-refractivity contribution in [2.45, 2.75) is 26.7 Å². The van der Waals surface area contributed by atoms with E-state index in [2.05, 4.69) is 0 Å². The molecule has 1 saturated heterocycles. The molecule has 1 heterocycles. The predicted molar refractivity (Wildman–Crippen MR) is 64.0 cm³/mol. The zero-order chi connectivity index (χ0) is 12.2. The minimum absolute atomic E-state index is 0.177. The zero-order valence-electron chi connectivity index (χ0n) is 10.7. The van der Waals surface area contributed by atoms with Crippen molar-refractivity contribution in [3.8, 4) is 0 Å². The van der Waals surface area contributed by atoms with Crippen LogP contribution in [-0.2, 0) is 9.53 Å². The van der Waals surface area contributed by atoms with Crippen molar-refractivity contribution in [3.05, 3.63) is 0 Å². The molecule has 1 rings (SSSR count). The van der Waals surface area contributed by atoms with Crippen molar-refractivity contribution >= 4 is 5.91 Å². The van der Waals surface area contributed by atoms with Gasteiger partial charge in [-0.2, -0.15) is 0 Å². The number of hydrogen-bond acceptors (Lipinski definition) is 3. The standard InChI is InChI=1S/C12H24N2O2/c1-12(2,9-13)11(15)14-6-4-5-10(7-14)8-16-3/h10H,4-9,13H2,1-3H3. The molecule has 4 nitrogen and oxygen atoms in total. The maximum atomic E-state index is 12.2. The van der Waals surface area contributed by atoms with Crippen molar-refractivity contribution in [2.75, 3.05) is 33.4 Å². The third-order valence-electron chi connectivity index (χ3n) is 3.30. The molecule has 94 valence electrons. The fourth-order valence-electron chi connectivity index (χ4n) is 2.14. The normalized spacial score (nSPS) is 22.2. The van der Waals surface area contributed by atoms with Gasteiger partial charge in [0, 0.05) is 26.7 Å². The Hall–Kier alpha value is -0.610. The van der Waals surface area contributed by atoms with E-state index in [-0.39, 0.29) is 5.91 Å². The van der Waals surface area contributed by atoms with Crippen LogP contribution in [0.2, 0.25) is 0 Å². The summed E-state index contributed by atoms with van der Waals surface area (Å²) in [5, 5.41) is 0. The number of hydrogen-bond donors (Lipinski definition) is 1. The van der Waals surface area contributed by atoms with E-state index in [0.717, 1.165) is 32.5 Å². The molecule has 16 heavy (non-hydrogen) atoms. The number of carbonyl (C=O) groups is 1. The molecule has 1 aliphatic rings. The maximum Gasteiger partial charge on any atom is 0.229 e. The van der Waals surface area contributed by atoms with Gasteiger partial charge in [0.05, 0.1) is 12.0 Å². The number of rotatable bonds is 4. The lowest BCUT2D eigenvalue weighted by Crippen LogP contribution is -2.49. The molecule has 0 saturated carbocycles. The van der Waals surface area contributed by atoms with Crippen molar-refractivity contribution < 1.29 is 9.53 Å². The Morgan fingerprint density at radius 1 is 1.56 bits per heavy atom. The van der Waals surface area contributed by atoms with Crippen molar-refractivity contribution in [2.24, 2.45) is 17.1 Å². The van der Waals surface area contributed by atoms with Gasteiger partial charge in [-0.1, -0.05) is 0 Å². The van der Waals surface area contributed by atoms with E-state index < -0.39 is 5.41 Å². The number of amides is 1. The van der Waals surface area contributed by atoms with Crippen LogP contribution in [0.4, 0.5) is 0 Å². The van der Waals surface area contributed by atoms with Crippen LogP contribution in [0.1, 0.15) is 26.7 Å². The summed E-state index contributed by atoms with van der Waals surface area (Å²) in [5.41, 5.74) is 5.20. The second-order valence-electron chi connectivity index (χ2n) is 5.30. The van der Waals surface area contributed by atoms with Gasteiger partial charge in [-0.25, -0.2) is 0 Å². The average Bonchev–Trinajstić information content (AvgIpc) is 2.29. The molecule has 2 N–H and O–H groups in total. The van der Waals surface area contributed by atoms with Crippen LogP contribution in [0.3, 0.4) is 0 Å². The Morgan fingerprint density at radius 3 is 2.81 bits per heavy atom. The quantitative estimate of drug-likeness (QED) is 0.776. The first kappa shape index (κ1) is 13.5. The Kier molecular flexibility index (Phi) is 4.74. The molecule has 1 unspecified atom stereocenters. The largest absolute Gasteiger partial charge is 0.384 e. The molecule has 0 bridgehead atoms. The third kappa shape index (κ3) is 3.19. The first-order valence-electron chi connectivity index (χ1n) is 5.99. The lowest BCUT2D eigenvalue weighted by atomic mass is 9.89. The van der Waals surface area contributed by atoms with E-state index in [4.69, 9.17) is 10.5 Å². The van der Waals surface area contributed by atoms with E-state index in [9.17, 15) is 4.79 Å². The van der Waals surface area contributed by atoms with Gasteiger partial charge in [0.15, 0.2) is 0 Å². The number of likely N-dealkylation sites (tertiary alicyclic amines) is 1. The highest BCUT2D eigenvalue weighted by molar-refractivity contribution is 5.82. The average molecular weight is 228 g/mol. The van der Waals surface area contributed by atoms with Crippen molar-refractivity contribution in [1.29, 1.82) is 0 Å². The van der Waals surface area contributed by atoms with Gasteiger partial charge in [-0.05, 0) is 32.6 Å². The van der Waals surface area contributed by atoms with Gasteiger partial charge in [0.1, 0.15) is 0 Å². The summed E-state index contributed by atoms with van der Waals surface area (Å²) < 4.78 is 5.16. The molecule has 0 aromatic carbocycles. The SMILES string of the molecule is COCC1CCCN(C(=O)C(C)(C)CN)C1. The van der Waals surface area contributed by atoms with E-state index in [0.29, 0.717) is 12.5 Å². The molecular formula is C12H24N2O2. The van der Waals surface area contributed by atoms with Gasteiger partial charge < -0.3 is 15.4 Å². The van der Waals surface area contributed by atoms with Crippen LogP contribution in [0.15, 0.2) is 0 Å². The Morgan fingerprint density at radius 2 is 2.25 bits per heavy atom. The van der Waals surface area contributed by atoms with Gasteiger partial charge in [0.2, 0.25) is 5.91 Å². The van der Waals surface area contributed by atoms with Crippen molar-refractivity contribution in [3.63, 3.8) is 0 Å². The first-order chi connectivity index (χ1) is 7.51. The molecule has 1 atom stereocenters. The molecule has 1 amide bonds. The summed E-state index contributed by atoms with van der Waals surface area (Å²) in [6.45, 7) is 6.65. The molecular weight excluding hydrogens is 204 g/mol. The van der Waals surface area contributed by atoms with Crippen molar-refractivity contribution in [1.82, 2.24) is 4.90 Å². The minimum Gasteiger partial charge on any atom is -0.384 e. The Balaban J connectivity index is 2.56. The second kappa shape index (κ2) is 5.64. The molecule has 0 aromatic heterocycles. The summed E-state index contributed by atoms with van der Waals surface area (Å²) in [7, 11) is 1.71. The number of ether oxygens (including phenoxy) is 1. The summed E-state index contributed by atoms with van der Waals surface area (Å²) in [6.07, 6.45) is 2.22. The molecule has 0 aliphatic carbocycles. The topological polar surface area (TPSA) is 55.6 Å². The number of piperidine rings is 1. The number of carbonyl (C=O) groups excluding carboxylic acids is 1. The highest BCUT2D eigenvalue weighted by Gasteiger charge is 2.33. The number of methoxy groups -OCH3 is 1. The van der Waals surface area contributed by atoms with Crippen LogP contribution < -0.4 is 5.73 Å². The molecule has 1 fully saturated rings. The third-order valence-corrected chi connectivity index (χ3v) is 3.30. The van der Waals surface area contributed by atoms with Gasteiger partial charge in [0.25, 0.3) is 0 Å². The Bertz CT molecular complexity index is 239. The first-order valence-corrected chi connectivity index (χ1v) is 5.99. The molecule has 1 aliphatic heterocycles. The zero-order valence-corrected chi connectivity index (χ0v) is 10.7. The van der Waals surface area contributed by atoms with Gasteiger partial charge in [-0.3, -0.25) is 4.79 Å². The van der Waals surface area contributed by atoms with Crippen LogP contribution in [0, 0.1) is 11.3 Å². The van der Waals surface area contributed by atoms with Crippen LogP contribution >= 0.6 is 0 Å². The van der Waals surface area contributed by atoms with Crippen LogP contribution in [-0.4, -0.2) is 44.2 Å². The summed E-state index contributed by atoms with van der Waals surface area (Å²) in [5.74, 6) is 0.659.